The van der Waals surface area contributed by atoms with E-state index in [4.69, 9.17) is 0 Å². The van der Waals surface area contributed by atoms with Crippen LogP contribution >= 0.6 is 11.3 Å². The largest absolute Gasteiger partial charge is 0.352 e. The van der Waals surface area contributed by atoms with E-state index in [9.17, 15) is 14.4 Å². The van der Waals surface area contributed by atoms with Crippen molar-refractivity contribution in [2.45, 2.75) is 20.4 Å². The van der Waals surface area contributed by atoms with E-state index in [0.29, 0.717) is 22.9 Å². The highest BCUT2D eigenvalue weighted by atomic mass is 32.1. The molecule has 0 saturated heterocycles. The molecular formula is C19H18N4O3S. The van der Waals surface area contributed by atoms with Gasteiger partial charge in [-0.05, 0) is 35.9 Å². The molecule has 0 saturated carbocycles. The second-order valence-corrected chi connectivity index (χ2v) is 6.97. The summed E-state index contributed by atoms with van der Waals surface area (Å²) < 4.78 is 0.863. The van der Waals surface area contributed by atoms with Crippen LogP contribution in [0.1, 0.15) is 29.8 Å². The minimum atomic E-state index is -0.262. The van der Waals surface area contributed by atoms with Gasteiger partial charge in [-0.15, -0.1) is 0 Å². The SMILES string of the molecule is CC(=O)NCc1ccc(C(=O)Nc2nc3ccc(NC(C)=O)cc3s2)cc1. The third-order valence-corrected chi connectivity index (χ3v) is 4.62. The highest BCUT2D eigenvalue weighted by Crippen LogP contribution is 2.28. The van der Waals surface area contributed by atoms with Gasteiger partial charge in [0.25, 0.3) is 5.91 Å². The molecule has 0 aliphatic heterocycles. The molecule has 0 bridgehead atoms. The maximum Gasteiger partial charge on any atom is 0.257 e. The number of hydrogen-bond donors (Lipinski definition) is 3. The highest BCUT2D eigenvalue weighted by molar-refractivity contribution is 7.22. The van der Waals surface area contributed by atoms with Crippen molar-refractivity contribution in [2.24, 2.45) is 0 Å². The first-order chi connectivity index (χ1) is 12.9. The van der Waals surface area contributed by atoms with Crippen LogP contribution in [0.4, 0.5) is 10.8 Å². The van der Waals surface area contributed by atoms with Gasteiger partial charge in [0.2, 0.25) is 11.8 Å². The van der Waals surface area contributed by atoms with Crippen LogP contribution in [0.5, 0.6) is 0 Å². The molecule has 0 fully saturated rings. The number of aromatic nitrogens is 1. The number of anilines is 2. The predicted molar refractivity (Wildman–Crippen MR) is 106 cm³/mol. The summed E-state index contributed by atoms with van der Waals surface area (Å²) in [5, 5.41) is 8.70. The molecule has 1 heterocycles. The number of benzene rings is 2. The molecule has 3 amide bonds. The van der Waals surface area contributed by atoms with Crippen molar-refractivity contribution in [3.63, 3.8) is 0 Å². The number of fused-ring (bicyclic) bond motifs is 1. The van der Waals surface area contributed by atoms with Crippen LogP contribution in [-0.4, -0.2) is 22.7 Å². The standard InChI is InChI=1S/C19H18N4O3S/c1-11(24)20-10-13-3-5-14(6-4-13)18(26)23-19-22-16-8-7-15(21-12(2)25)9-17(16)27-19/h3-9H,10H2,1-2H3,(H,20,24)(H,21,25)(H,22,23,26). The van der Waals surface area contributed by atoms with Gasteiger partial charge in [-0.1, -0.05) is 23.5 Å². The first kappa shape index (κ1) is 18.5. The average molecular weight is 382 g/mol. The molecule has 0 unspecified atom stereocenters. The Bertz CT molecular complexity index is 1010. The molecule has 138 valence electrons. The quantitative estimate of drug-likeness (QED) is 0.631. The lowest BCUT2D eigenvalue weighted by Gasteiger charge is -2.05. The van der Waals surface area contributed by atoms with Crippen LogP contribution in [0.15, 0.2) is 42.5 Å². The summed E-state index contributed by atoms with van der Waals surface area (Å²) >= 11 is 1.33. The molecule has 27 heavy (non-hydrogen) atoms. The average Bonchev–Trinajstić information content (AvgIpc) is 3.01. The zero-order chi connectivity index (χ0) is 19.4. The van der Waals surface area contributed by atoms with Crippen LogP contribution in [0.25, 0.3) is 10.2 Å². The van der Waals surface area contributed by atoms with Gasteiger partial charge in [0.1, 0.15) is 0 Å². The Morgan fingerprint density at radius 3 is 2.37 bits per heavy atom. The molecule has 0 atom stereocenters. The zero-order valence-corrected chi connectivity index (χ0v) is 15.6. The fraction of sp³-hybridized carbons (Fsp3) is 0.158. The molecule has 0 spiro atoms. The van der Waals surface area contributed by atoms with Gasteiger partial charge >= 0.3 is 0 Å². The van der Waals surface area contributed by atoms with Gasteiger partial charge in [0, 0.05) is 31.6 Å². The molecule has 8 heteroatoms. The van der Waals surface area contributed by atoms with Crippen LogP contribution in [0.2, 0.25) is 0 Å². The van der Waals surface area contributed by atoms with E-state index in [1.807, 2.05) is 6.07 Å². The zero-order valence-electron chi connectivity index (χ0n) is 14.8. The van der Waals surface area contributed by atoms with Crippen molar-refractivity contribution in [2.75, 3.05) is 10.6 Å². The Hall–Kier alpha value is -3.26. The van der Waals surface area contributed by atoms with Gasteiger partial charge < -0.3 is 10.6 Å². The Kier molecular flexibility index (Phi) is 5.46. The van der Waals surface area contributed by atoms with Crippen LogP contribution in [0.3, 0.4) is 0 Å². The first-order valence-electron chi connectivity index (χ1n) is 8.23. The summed E-state index contributed by atoms with van der Waals surface area (Å²) in [7, 11) is 0. The molecule has 3 aromatic rings. The Morgan fingerprint density at radius 1 is 0.963 bits per heavy atom. The smallest absolute Gasteiger partial charge is 0.257 e. The fourth-order valence-corrected chi connectivity index (χ4v) is 3.33. The van der Waals surface area contributed by atoms with E-state index >= 15 is 0 Å². The molecular weight excluding hydrogens is 364 g/mol. The van der Waals surface area contributed by atoms with Crippen molar-refractivity contribution in [3.8, 4) is 0 Å². The van der Waals surface area contributed by atoms with Gasteiger partial charge in [-0.2, -0.15) is 0 Å². The first-order valence-corrected chi connectivity index (χ1v) is 9.05. The summed E-state index contributed by atoms with van der Waals surface area (Å²) in [5.74, 6) is -0.508. The number of nitrogens with one attached hydrogen (secondary N) is 3. The van der Waals surface area contributed by atoms with Gasteiger partial charge in [-0.25, -0.2) is 4.98 Å². The Balaban J connectivity index is 1.69. The topological polar surface area (TPSA) is 100 Å². The van der Waals surface area contributed by atoms with E-state index in [1.165, 1.54) is 25.2 Å². The number of hydrogen-bond acceptors (Lipinski definition) is 5. The lowest BCUT2D eigenvalue weighted by atomic mass is 10.1. The van der Waals surface area contributed by atoms with Crippen molar-refractivity contribution < 1.29 is 14.4 Å². The maximum atomic E-state index is 12.4. The van der Waals surface area contributed by atoms with Crippen LogP contribution in [0, 0.1) is 0 Å². The molecule has 1 aromatic heterocycles. The Labute approximate surface area is 159 Å². The number of carbonyl (C=O) groups excluding carboxylic acids is 3. The Morgan fingerprint density at radius 2 is 1.70 bits per heavy atom. The summed E-state index contributed by atoms with van der Waals surface area (Å²) in [6.07, 6.45) is 0. The predicted octanol–water partition coefficient (Wildman–Crippen LogP) is 3.14. The second-order valence-electron chi connectivity index (χ2n) is 5.94. The van der Waals surface area contributed by atoms with E-state index in [2.05, 4.69) is 20.9 Å². The van der Waals surface area contributed by atoms with E-state index in [0.717, 1.165) is 15.8 Å². The third kappa shape index (κ3) is 4.89. The lowest BCUT2D eigenvalue weighted by Crippen LogP contribution is -2.19. The summed E-state index contributed by atoms with van der Waals surface area (Å²) in [5.41, 5.74) is 2.84. The number of thiazole rings is 1. The van der Waals surface area contributed by atoms with Crippen LogP contribution < -0.4 is 16.0 Å². The maximum absolute atomic E-state index is 12.4. The fourth-order valence-electron chi connectivity index (χ4n) is 2.43. The van der Waals surface area contributed by atoms with Gasteiger partial charge in [0.15, 0.2) is 5.13 Å². The van der Waals surface area contributed by atoms with E-state index < -0.39 is 0 Å². The number of amides is 3. The van der Waals surface area contributed by atoms with Crippen molar-refractivity contribution in [3.05, 3.63) is 53.6 Å². The van der Waals surface area contributed by atoms with Crippen molar-refractivity contribution >= 4 is 50.1 Å². The van der Waals surface area contributed by atoms with Gasteiger partial charge in [-0.3, -0.25) is 19.7 Å². The second kappa shape index (κ2) is 7.96. The lowest BCUT2D eigenvalue weighted by molar-refractivity contribution is -0.119. The minimum absolute atomic E-state index is 0.102. The summed E-state index contributed by atoms with van der Waals surface area (Å²) in [4.78, 5) is 38.9. The number of rotatable bonds is 5. The van der Waals surface area contributed by atoms with Gasteiger partial charge in [0.05, 0.1) is 10.2 Å². The molecule has 0 radical (unpaired) electrons. The third-order valence-electron chi connectivity index (χ3n) is 3.69. The molecule has 0 aliphatic rings. The van der Waals surface area contributed by atoms with Crippen molar-refractivity contribution in [1.29, 1.82) is 0 Å². The monoisotopic (exact) mass is 382 g/mol. The number of nitrogens with zero attached hydrogens (tertiary/aromatic N) is 1. The van der Waals surface area contributed by atoms with E-state index in [1.54, 1.807) is 36.4 Å². The van der Waals surface area contributed by atoms with Crippen LogP contribution in [-0.2, 0) is 16.1 Å². The number of carbonyl (C=O) groups is 3. The summed E-state index contributed by atoms with van der Waals surface area (Å²) in [6, 6.07) is 12.4. The molecule has 2 aromatic carbocycles. The molecule has 3 N–H and O–H groups in total. The normalized spacial score (nSPS) is 10.4. The molecule has 0 aliphatic carbocycles. The van der Waals surface area contributed by atoms with Crippen molar-refractivity contribution in [1.82, 2.24) is 10.3 Å². The molecule has 7 nitrogen and oxygen atoms in total. The minimum Gasteiger partial charge on any atom is -0.352 e. The highest BCUT2D eigenvalue weighted by Gasteiger charge is 2.11. The molecule has 3 rings (SSSR count). The van der Waals surface area contributed by atoms with E-state index in [-0.39, 0.29) is 17.7 Å². The summed E-state index contributed by atoms with van der Waals surface area (Å²) in [6.45, 7) is 3.33.